The average molecular weight is 318 g/mol. The summed E-state index contributed by atoms with van der Waals surface area (Å²) in [5, 5.41) is 3.57. The minimum Gasteiger partial charge on any atom is -0.312 e. The van der Waals surface area contributed by atoms with Crippen molar-refractivity contribution in [3.05, 3.63) is 0 Å². The van der Waals surface area contributed by atoms with E-state index >= 15 is 0 Å². The quantitative estimate of drug-likeness (QED) is 0.320. The van der Waals surface area contributed by atoms with Gasteiger partial charge in [-0.3, -0.25) is 4.70 Å². The molecule has 0 bridgehead atoms. The summed E-state index contributed by atoms with van der Waals surface area (Å²) >= 11 is 0. The molecule has 22 heavy (non-hydrogen) atoms. The lowest BCUT2D eigenvalue weighted by molar-refractivity contribution is 0.415. The lowest BCUT2D eigenvalue weighted by Gasteiger charge is -2.20. The van der Waals surface area contributed by atoms with Gasteiger partial charge in [-0.05, 0) is 33.7 Å². The lowest BCUT2D eigenvalue weighted by Crippen LogP contribution is -2.36. The molecule has 0 aliphatic heterocycles. The standard InChI is InChI=1S/C20H43N.FH/c1-5-6-7-8-9-10-11-12-13-14-15-16-17-18-19-21-20(2,3)4;/h21H,5-19H2,1-4H3;1H. The zero-order valence-corrected chi connectivity index (χ0v) is 16.0. The summed E-state index contributed by atoms with van der Waals surface area (Å²) < 4.78 is 0. The van der Waals surface area contributed by atoms with Gasteiger partial charge in [-0.25, -0.2) is 0 Å². The largest absolute Gasteiger partial charge is 0.312 e. The first-order valence-electron chi connectivity index (χ1n) is 9.81. The predicted molar refractivity (Wildman–Crippen MR) is 101 cm³/mol. The number of halogens is 1. The van der Waals surface area contributed by atoms with Crippen molar-refractivity contribution in [2.24, 2.45) is 0 Å². The van der Waals surface area contributed by atoms with Crippen LogP contribution in [0.2, 0.25) is 0 Å². The number of hydrogen-bond donors (Lipinski definition) is 1. The predicted octanol–water partition coefficient (Wildman–Crippen LogP) is 7.01. The van der Waals surface area contributed by atoms with Crippen LogP contribution in [0.4, 0.5) is 4.70 Å². The van der Waals surface area contributed by atoms with E-state index in [9.17, 15) is 0 Å². The average Bonchev–Trinajstić information content (AvgIpc) is 2.42. The SMILES string of the molecule is CCCCCCCCCCCCCCCCNC(C)(C)C.F. The molecule has 0 fully saturated rings. The second-order valence-corrected chi connectivity index (χ2v) is 7.77. The van der Waals surface area contributed by atoms with Crippen molar-refractivity contribution in [2.75, 3.05) is 6.54 Å². The normalized spacial score (nSPS) is 11.5. The van der Waals surface area contributed by atoms with Gasteiger partial charge in [0.05, 0.1) is 0 Å². The number of unbranched alkanes of at least 4 members (excludes halogenated alkanes) is 13. The fraction of sp³-hybridized carbons (Fsp3) is 1.00. The first-order chi connectivity index (χ1) is 10.1. The Hall–Kier alpha value is -0.110. The van der Waals surface area contributed by atoms with Crippen LogP contribution in [0, 0.1) is 0 Å². The summed E-state index contributed by atoms with van der Waals surface area (Å²) in [7, 11) is 0. The third-order valence-corrected chi connectivity index (χ3v) is 4.19. The second-order valence-electron chi connectivity index (χ2n) is 7.77. The van der Waals surface area contributed by atoms with E-state index in [-0.39, 0.29) is 10.2 Å². The number of nitrogens with one attached hydrogen (secondary N) is 1. The summed E-state index contributed by atoms with van der Waals surface area (Å²) in [5.74, 6) is 0. The topological polar surface area (TPSA) is 12.0 Å². The van der Waals surface area contributed by atoms with E-state index in [0.717, 1.165) is 0 Å². The molecule has 0 radical (unpaired) electrons. The van der Waals surface area contributed by atoms with Crippen molar-refractivity contribution >= 4 is 0 Å². The smallest absolute Gasteiger partial charge is 0.00965 e. The fourth-order valence-electron chi connectivity index (χ4n) is 2.78. The zero-order valence-electron chi connectivity index (χ0n) is 16.0. The first-order valence-corrected chi connectivity index (χ1v) is 9.81. The molecule has 0 aliphatic rings. The molecule has 1 N–H and O–H groups in total. The van der Waals surface area contributed by atoms with E-state index in [1.165, 1.54) is 96.4 Å². The van der Waals surface area contributed by atoms with Crippen molar-refractivity contribution in [3.63, 3.8) is 0 Å². The third-order valence-electron chi connectivity index (χ3n) is 4.19. The van der Waals surface area contributed by atoms with Crippen LogP contribution in [0.15, 0.2) is 0 Å². The highest BCUT2D eigenvalue weighted by molar-refractivity contribution is 4.69. The van der Waals surface area contributed by atoms with Crippen molar-refractivity contribution < 1.29 is 4.70 Å². The molecule has 0 heterocycles. The molecule has 0 saturated carbocycles. The van der Waals surface area contributed by atoms with Gasteiger partial charge >= 0.3 is 0 Å². The minimum atomic E-state index is 0. The van der Waals surface area contributed by atoms with Gasteiger partial charge in [0.2, 0.25) is 0 Å². The molecule has 0 atom stereocenters. The van der Waals surface area contributed by atoms with Gasteiger partial charge in [0.15, 0.2) is 0 Å². The maximum Gasteiger partial charge on any atom is 0.00965 e. The summed E-state index contributed by atoms with van der Waals surface area (Å²) in [6, 6.07) is 0. The molecule has 0 rings (SSSR count). The van der Waals surface area contributed by atoms with Gasteiger partial charge in [0.1, 0.15) is 0 Å². The Labute approximate surface area is 140 Å². The monoisotopic (exact) mass is 317 g/mol. The van der Waals surface area contributed by atoms with E-state index < -0.39 is 0 Å². The van der Waals surface area contributed by atoms with Gasteiger partial charge in [0, 0.05) is 5.54 Å². The van der Waals surface area contributed by atoms with Gasteiger partial charge in [-0.2, -0.15) is 0 Å². The molecular weight excluding hydrogens is 273 g/mol. The molecular formula is C20H44FN. The van der Waals surface area contributed by atoms with E-state index in [4.69, 9.17) is 0 Å². The van der Waals surface area contributed by atoms with E-state index in [1.54, 1.807) is 0 Å². The van der Waals surface area contributed by atoms with Crippen molar-refractivity contribution in [1.82, 2.24) is 5.32 Å². The maximum absolute atomic E-state index is 3.57. The molecule has 0 amide bonds. The van der Waals surface area contributed by atoms with E-state index in [1.807, 2.05) is 0 Å². The van der Waals surface area contributed by atoms with Crippen LogP contribution in [-0.4, -0.2) is 12.1 Å². The minimum absolute atomic E-state index is 0. The Morgan fingerprint density at radius 1 is 0.545 bits per heavy atom. The van der Waals surface area contributed by atoms with Gasteiger partial charge < -0.3 is 5.32 Å². The lowest BCUT2D eigenvalue weighted by atomic mass is 10.0. The second kappa shape index (κ2) is 17.2. The Morgan fingerprint density at radius 3 is 1.18 bits per heavy atom. The molecule has 0 spiro atoms. The Balaban J connectivity index is 0. The van der Waals surface area contributed by atoms with Crippen LogP contribution in [0.3, 0.4) is 0 Å². The Bertz CT molecular complexity index is 198. The number of hydrogen-bond acceptors (Lipinski definition) is 1. The van der Waals surface area contributed by atoms with Crippen LogP contribution in [0.1, 0.15) is 118 Å². The van der Waals surface area contributed by atoms with E-state index in [2.05, 4.69) is 33.0 Å². The van der Waals surface area contributed by atoms with Crippen LogP contribution in [0.25, 0.3) is 0 Å². The molecule has 0 unspecified atom stereocenters. The molecule has 2 heteroatoms. The highest BCUT2D eigenvalue weighted by atomic mass is 19.0. The van der Waals surface area contributed by atoms with Crippen molar-refractivity contribution in [2.45, 2.75) is 123 Å². The van der Waals surface area contributed by atoms with E-state index in [0.29, 0.717) is 0 Å². The molecule has 0 aromatic heterocycles. The van der Waals surface area contributed by atoms with Gasteiger partial charge in [-0.15, -0.1) is 0 Å². The summed E-state index contributed by atoms with van der Waals surface area (Å²) in [6.45, 7) is 10.2. The fourth-order valence-corrected chi connectivity index (χ4v) is 2.78. The molecule has 0 aromatic rings. The number of rotatable bonds is 15. The molecule has 0 saturated heterocycles. The highest BCUT2D eigenvalue weighted by Crippen LogP contribution is 2.12. The first kappa shape index (κ1) is 24.1. The van der Waals surface area contributed by atoms with Crippen LogP contribution >= 0.6 is 0 Å². The van der Waals surface area contributed by atoms with Crippen molar-refractivity contribution in [3.8, 4) is 0 Å². The van der Waals surface area contributed by atoms with Crippen LogP contribution in [0.5, 0.6) is 0 Å². The summed E-state index contributed by atoms with van der Waals surface area (Å²) in [5.41, 5.74) is 0.288. The molecule has 0 aliphatic carbocycles. The highest BCUT2D eigenvalue weighted by Gasteiger charge is 2.06. The summed E-state index contributed by atoms with van der Waals surface area (Å²) in [4.78, 5) is 0. The van der Waals surface area contributed by atoms with Crippen LogP contribution < -0.4 is 5.32 Å². The van der Waals surface area contributed by atoms with Gasteiger partial charge in [0.25, 0.3) is 0 Å². The van der Waals surface area contributed by atoms with Crippen molar-refractivity contribution in [1.29, 1.82) is 0 Å². The molecule has 136 valence electrons. The Morgan fingerprint density at radius 2 is 0.864 bits per heavy atom. The van der Waals surface area contributed by atoms with Crippen LogP contribution in [-0.2, 0) is 0 Å². The third kappa shape index (κ3) is 22.2. The maximum atomic E-state index is 3.57. The zero-order chi connectivity index (χ0) is 15.8. The van der Waals surface area contributed by atoms with Gasteiger partial charge in [-0.1, -0.05) is 90.4 Å². The Kier molecular flexibility index (Phi) is 18.9. The summed E-state index contributed by atoms with van der Waals surface area (Å²) in [6.07, 6.45) is 20.2. The molecule has 0 aromatic carbocycles. The molecule has 1 nitrogen and oxygen atoms in total.